The summed E-state index contributed by atoms with van der Waals surface area (Å²) in [6, 6.07) is 18.8. The Morgan fingerprint density at radius 3 is 2.42 bits per heavy atom. The van der Waals surface area contributed by atoms with Gasteiger partial charge in [0, 0.05) is 56.6 Å². The molecule has 0 radical (unpaired) electrons. The minimum atomic E-state index is -1.19. The first-order valence-electron chi connectivity index (χ1n) is 24.0. The van der Waals surface area contributed by atoms with Crippen LogP contribution in [0.5, 0.6) is 5.75 Å². The van der Waals surface area contributed by atoms with Gasteiger partial charge in [0.25, 0.3) is 5.91 Å². The van der Waals surface area contributed by atoms with Crippen molar-refractivity contribution in [2.24, 2.45) is 17.3 Å². The van der Waals surface area contributed by atoms with Crippen molar-refractivity contribution in [2.75, 3.05) is 47.0 Å². The van der Waals surface area contributed by atoms with Gasteiger partial charge < -0.3 is 34.3 Å². The SMILES string of the molecule is C=CC(=O)N1CC[C@H](C(=O)N(C)[C@H](C(=O)N[C@H]2Cc3cc(O)cc(c3)-c3ccc4c(c3)c(c(-c3ccccc3CCOC)n4C(C)(C)C#N)CC(C)(C)COC(=O)[C@@H]3CCCN(N3)C2=O)C(C)C)C1.S.S.S.S. The number of carbonyl (C=O) groups is 5. The number of likely N-dealkylation sites (N-methyl/N-ethyl adjacent to an activating group) is 1. The van der Waals surface area contributed by atoms with Gasteiger partial charge >= 0.3 is 5.97 Å². The number of nitrogens with zero attached hydrogens (tertiary/aromatic N) is 5. The van der Waals surface area contributed by atoms with Crippen LogP contribution in [0.2, 0.25) is 0 Å². The van der Waals surface area contributed by atoms with E-state index in [2.05, 4.69) is 46.2 Å². The van der Waals surface area contributed by atoms with Crippen molar-refractivity contribution in [3.63, 3.8) is 0 Å². The number of cyclic esters (lactones) is 1. The lowest BCUT2D eigenvalue weighted by Gasteiger charge is -2.37. The molecule has 4 amide bonds. The smallest absolute Gasteiger partial charge is 0.324 e. The number of aromatic nitrogens is 1. The summed E-state index contributed by atoms with van der Waals surface area (Å²) in [5.41, 5.74) is 8.18. The molecule has 15 nitrogen and oxygen atoms in total. The summed E-state index contributed by atoms with van der Waals surface area (Å²) >= 11 is 0. The average molecular weight is 1080 g/mol. The van der Waals surface area contributed by atoms with Gasteiger partial charge in [-0.05, 0) is 110 Å². The number of hydrazine groups is 1. The number of likely N-dealkylation sites (tertiary alicyclic amines) is 1. The number of hydrogen-bond acceptors (Lipinski definition) is 10. The molecule has 3 aliphatic heterocycles. The molecule has 2 saturated heterocycles. The van der Waals surface area contributed by atoms with Crippen molar-refractivity contribution in [2.45, 2.75) is 104 Å². The Bertz CT molecular complexity index is 2700. The minimum absolute atomic E-state index is 0. The molecular formula is C54H75N7O8S4. The monoisotopic (exact) mass is 1080 g/mol. The topological polar surface area (TPSA) is 187 Å². The van der Waals surface area contributed by atoms with Crippen LogP contribution >= 0.6 is 54.0 Å². The van der Waals surface area contributed by atoms with E-state index in [1.165, 1.54) is 16.0 Å². The number of phenols is 1. The van der Waals surface area contributed by atoms with E-state index < -0.39 is 52.8 Å². The summed E-state index contributed by atoms with van der Waals surface area (Å²) in [6.07, 6.45) is 3.62. The number of fused-ring (bicyclic) bond motifs is 6. The molecule has 3 aromatic carbocycles. The Morgan fingerprint density at radius 1 is 1.04 bits per heavy atom. The van der Waals surface area contributed by atoms with E-state index in [1.807, 2.05) is 71.9 Å². The van der Waals surface area contributed by atoms with Gasteiger partial charge in [0.05, 0.1) is 36.4 Å². The lowest BCUT2D eigenvalue weighted by molar-refractivity contribution is -0.155. The van der Waals surface area contributed by atoms with Crippen LogP contribution in [-0.4, -0.2) is 119 Å². The van der Waals surface area contributed by atoms with Gasteiger partial charge in [0.15, 0.2) is 0 Å². The molecule has 4 heterocycles. The maximum absolute atomic E-state index is 14.8. The highest BCUT2D eigenvalue weighted by atomic mass is 32.1. The van der Waals surface area contributed by atoms with Crippen molar-refractivity contribution in [1.82, 2.24) is 30.1 Å². The summed E-state index contributed by atoms with van der Waals surface area (Å²) in [4.78, 5) is 72.6. The second-order valence-corrected chi connectivity index (χ2v) is 20.5. The molecule has 398 valence electrons. The molecule has 1 aromatic heterocycles. The minimum Gasteiger partial charge on any atom is -0.508 e. The third-order valence-corrected chi connectivity index (χ3v) is 13.8. The summed E-state index contributed by atoms with van der Waals surface area (Å²) in [5.74, 6) is -3.01. The number of esters is 1. The van der Waals surface area contributed by atoms with Crippen LogP contribution in [0.25, 0.3) is 33.3 Å². The lowest BCUT2D eigenvalue weighted by atomic mass is 9.83. The van der Waals surface area contributed by atoms with Gasteiger partial charge in [-0.25, -0.2) is 5.43 Å². The fourth-order valence-electron chi connectivity index (χ4n) is 10.3. The van der Waals surface area contributed by atoms with Gasteiger partial charge in [-0.15, -0.1) is 0 Å². The second-order valence-electron chi connectivity index (χ2n) is 20.5. The zero-order valence-corrected chi connectivity index (χ0v) is 47.3. The normalized spacial score (nSPS) is 19.1. The molecule has 2 fully saturated rings. The Kier molecular flexibility index (Phi) is 22.1. The molecule has 0 unspecified atom stereocenters. The highest BCUT2D eigenvalue weighted by Gasteiger charge is 2.41. The van der Waals surface area contributed by atoms with Crippen LogP contribution in [-0.2, 0) is 58.2 Å². The molecule has 0 saturated carbocycles. The number of nitrogens with one attached hydrogen (secondary N) is 2. The predicted molar refractivity (Wildman–Crippen MR) is 305 cm³/mol. The molecule has 19 heteroatoms. The van der Waals surface area contributed by atoms with Crippen molar-refractivity contribution in [1.29, 1.82) is 5.26 Å². The van der Waals surface area contributed by atoms with E-state index in [4.69, 9.17) is 9.47 Å². The maximum Gasteiger partial charge on any atom is 0.324 e. The number of aromatic hydroxyl groups is 1. The molecule has 6 bridgehead atoms. The maximum atomic E-state index is 14.8. The molecule has 3 aliphatic rings. The number of carbonyl (C=O) groups excluding carboxylic acids is 5. The Balaban J connectivity index is 0.00000352. The number of methoxy groups -OCH3 is 1. The molecule has 73 heavy (non-hydrogen) atoms. The Labute approximate surface area is 458 Å². The fraction of sp³-hybridized carbons (Fsp3) is 0.481. The number of nitriles is 1. The Hall–Kier alpha value is -5.10. The van der Waals surface area contributed by atoms with Crippen LogP contribution in [0.15, 0.2) is 73.3 Å². The van der Waals surface area contributed by atoms with E-state index in [0.29, 0.717) is 56.4 Å². The molecule has 4 atom stereocenters. The number of rotatable bonds is 11. The van der Waals surface area contributed by atoms with Crippen molar-refractivity contribution in [3.8, 4) is 34.2 Å². The fourth-order valence-corrected chi connectivity index (χ4v) is 10.3. The van der Waals surface area contributed by atoms with Crippen molar-refractivity contribution < 1.29 is 38.6 Å². The summed E-state index contributed by atoms with van der Waals surface area (Å²) in [6.45, 7) is 16.5. The summed E-state index contributed by atoms with van der Waals surface area (Å²) in [5, 5.41) is 27.4. The van der Waals surface area contributed by atoms with Crippen molar-refractivity contribution >= 4 is 94.5 Å². The molecular weight excluding hydrogens is 1000 g/mol. The zero-order valence-electron chi connectivity index (χ0n) is 43.3. The third kappa shape index (κ3) is 13.6. The van der Waals surface area contributed by atoms with Gasteiger partial charge in [0.2, 0.25) is 17.7 Å². The van der Waals surface area contributed by atoms with E-state index in [9.17, 15) is 34.3 Å². The second kappa shape index (κ2) is 25.9. The molecule has 4 aromatic rings. The number of benzene rings is 3. The van der Waals surface area contributed by atoms with Gasteiger partial charge in [-0.1, -0.05) is 70.7 Å². The highest BCUT2D eigenvalue weighted by Crippen LogP contribution is 2.44. The largest absolute Gasteiger partial charge is 0.508 e. The summed E-state index contributed by atoms with van der Waals surface area (Å²) in [7, 11) is 3.25. The standard InChI is InChI=1S/C54H67N7O8.4H2S/c1-10-46(63)59-22-19-37(30-59)50(65)58(8)47(33(2)3)49(64)56-44-26-34-24-38(27-39(62)25-34)36-17-18-45-41(28-36)42(29-53(4,5)32-69-52(67)43-16-13-21-60(57-43)51(44)66)48(61(45)54(6,7)31-55)40-15-12-11-14-35(40)20-23-68-9;;;;/h10-12,14-15,17-18,24-25,27-28,33,37,43-44,47,57,62H,1,13,16,19-23,26,29-30,32H2,2-9H3,(H,56,64);4*1H2/t37-,43-,44-,47-;;;;/m0..../s1. The van der Waals surface area contributed by atoms with E-state index in [0.717, 1.165) is 38.9 Å². The molecule has 0 spiro atoms. The van der Waals surface area contributed by atoms with E-state index in [1.54, 1.807) is 31.2 Å². The summed E-state index contributed by atoms with van der Waals surface area (Å²) < 4.78 is 13.8. The van der Waals surface area contributed by atoms with E-state index >= 15 is 0 Å². The van der Waals surface area contributed by atoms with Crippen LogP contribution in [0.1, 0.15) is 77.5 Å². The van der Waals surface area contributed by atoms with Gasteiger partial charge in [0.1, 0.15) is 29.4 Å². The first kappa shape index (κ1) is 62.2. The van der Waals surface area contributed by atoms with Crippen LogP contribution in [0, 0.1) is 28.6 Å². The van der Waals surface area contributed by atoms with Crippen LogP contribution in [0.3, 0.4) is 0 Å². The van der Waals surface area contributed by atoms with Crippen LogP contribution in [0.4, 0.5) is 0 Å². The molecule has 3 N–H and O–H groups in total. The molecule has 7 rings (SSSR count). The third-order valence-electron chi connectivity index (χ3n) is 13.8. The highest BCUT2D eigenvalue weighted by molar-refractivity contribution is 7.59. The van der Waals surface area contributed by atoms with E-state index in [-0.39, 0.29) is 104 Å². The number of amides is 4. The zero-order chi connectivity index (χ0) is 49.9. The predicted octanol–water partition coefficient (Wildman–Crippen LogP) is 6.75. The average Bonchev–Trinajstić information content (AvgIpc) is 3.95. The van der Waals surface area contributed by atoms with Crippen LogP contribution < -0.4 is 10.7 Å². The molecule has 0 aliphatic carbocycles. The first-order chi connectivity index (χ1) is 32.8. The Morgan fingerprint density at radius 2 is 1.75 bits per heavy atom. The number of ether oxygens (including phenoxy) is 2. The number of hydrogen-bond donors (Lipinski definition) is 3. The van der Waals surface area contributed by atoms with Gasteiger partial charge in [-0.2, -0.15) is 59.2 Å². The van der Waals surface area contributed by atoms with Gasteiger partial charge in [-0.3, -0.25) is 29.0 Å². The lowest BCUT2D eigenvalue weighted by Crippen LogP contribution is -2.62. The quantitative estimate of drug-likeness (QED) is 0.107. The number of phenolic OH excluding ortho intramolecular Hbond substituents is 1. The first-order valence-corrected chi connectivity index (χ1v) is 24.0. The van der Waals surface area contributed by atoms with Crippen molar-refractivity contribution in [3.05, 3.63) is 90.0 Å².